The van der Waals surface area contributed by atoms with Crippen LogP contribution < -0.4 is 10.1 Å². The Balaban J connectivity index is 1.42. The van der Waals surface area contributed by atoms with E-state index in [1.165, 1.54) is 25.9 Å². The van der Waals surface area contributed by atoms with E-state index in [9.17, 15) is 5.11 Å². The van der Waals surface area contributed by atoms with Crippen LogP contribution in [-0.2, 0) is 0 Å². The van der Waals surface area contributed by atoms with Gasteiger partial charge in [0.1, 0.15) is 18.0 Å². The van der Waals surface area contributed by atoms with Gasteiger partial charge in [0.25, 0.3) is 0 Å². The summed E-state index contributed by atoms with van der Waals surface area (Å²) in [6.45, 7) is 4.63. The van der Waals surface area contributed by atoms with E-state index in [2.05, 4.69) is 10.2 Å². The van der Waals surface area contributed by atoms with Crippen molar-refractivity contribution in [2.45, 2.75) is 56.8 Å². The molecule has 1 saturated carbocycles. The van der Waals surface area contributed by atoms with Gasteiger partial charge in [-0.15, -0.1) is 0 Å². The molecule has 0 unspecified atom stereocenters. The summed E-state index contributed by atoms with van der Waals surface area (Å²) in [5.41, 5.74) is 0. The largest absolute Gasteiger partial charge is 0.488 e. The summed E-state index contributed by atoms with van der Waals surface area (Å²) in [6, 6.07) is 7.53. The SMILES string of the molecule is O[C@@H]1[C@@H](NCCCN2CCCC2)CCC[C@H]1Oc1cccc(Cl)c1. The molecule has 0 radical (unpaired) electrons. The second-order valence-corrected chi connectivity index (χ2v) is 7.43. The predicted molar refractivity (Wildman–Crippen MR) is 97.8 cm³/mol. The van der Waals surface area contributed by atoms with Crippen molar-refractivity contribution < 1.29 is 9.84 Å². The average Bonchev–Trinajstić information content (AvgIpc) is 3.08. The fourth-order valence-electron chi connectivity index (χ4n) is 3.80. The van der Waals surface area contributed by atoms with Crippen molar-refractivity contribution in [3.8, 4) is 5.75 Å². The van der Waals surface area contributed by atoms with Crippen LogP contribution in [0.5, 0.6) is 5.75 Å². The first-order valence-electron chi connectivity index (χ1n) is 9.28. The van der Waals surface area contributed by atoms with Crippen molar-refractivity contribution >= 4 is 11.6 Å². The van der Waals surface area contributed by atoms with Gasteiger partial charge in [-0.2, -0.15) is 0 Å². The summed E-state index contributed by atoms with van der Waals surface area (Å²) in [5.74, 6) is 0.737. The third kappa shape index (κ3) is 5.09. The summed E-state index contributed by atoms with van der Waals surface area (Å²) in [5, 5.41) is 14.8. The molecule has 2 N–H and O–H groups in total. The van der Waals surface area contributed by atoms with Crippen LogP contribution in [0.1, 0.15) is 38.5 Å². The lowest BCUT2D eigenvalue weighted by molar-refractivity contribution is -0.0153. The van der Waals surface area contributed by atoms with Crippen LogP contribution >= 0.6 is 11.6 Å². The molecule has 0 amide bonds. The molecule has 1 saturated heterocycles. The van der Waals surface area contributed by atoms with Crippen LogP contribution in [0, 0.1) is 0 Å². The molecule has 3 atom stereocenters. The van der Waals surface area contributed by atoms with E-state index >= 15 is 0 Å². The van der Waals surface area contributed by atoms with Crippen LogP contribution in [0.3, 0.4) is 0 Å². The van der Waals surface area contributed by atoms with E-state index in [0.29, 0.717) is 5.02 Å². The smallest absolute Gasteiger partial charge is 0.126 e. The molecular formula is C19H29ClN2O2. The number of aliphatic hydroxyl groups is 1. The van der Waals surface area contributed by atoms with Crippen LogP contribution in [-0.4, -0.2) is 54.4 Å². The maximum Gasteiger partial charge on any atom is 0.126 e. The van der Waals surface area contributed by atoms with Crippen LogP contribution in [0.15, 0.2) is 24.3 Å². The van der Waals surface area contributed by atoms with Crippen molar-refractivity contribution in [2.75, 3.05) is 26.2 Å². The number of nitrogens with zero attached hydrogens (tertiary/aromatic N) is 1. The first-order valence-corrected chi connectivity index (χ1v) is 9.66. The Labute approximate surface area is 150 Å². The minimum absolute atomic E-state index is 0.126. The number of aliphatic hydroxyl groups excluding tert-OH is 1. The van der Waals surface area contributed by atoms with Gasteiger partial charge in [0.2, 0.25) is 0 Å². The van der Waals surface area contributed by atoms with Crippen molar-refractivity contribution in [1.82, 2.24) is 10.2 Å². The van der Waals surface area contributed by atoms with Gasteiger partial charge in [0.15, 0.2) is 0 Å². The first kappa shape index (κ1) is 18.0. The monoisotopic (exact) mass is 352 g/mol. The zero-order valence-corrected chi connectivity index (χ0v) is 15.0. The fraction of sp³-hybridized carbons (Fsp3) is 0.684. The van der Waals surface area contributed by atoms with Gasteiger partial charge in [0, 0.05) is 11.1 Å². The van der Waals surface area contributed by atoms with Crippen LogP contribution in [0.4, 0.5) is 0 Å². The molecule has 4 nitrogen and oxygen atoms in total. The normalized spacial score (nSPS) is 28.2. The second kappa shape index (κ2) is 9.04. The molecule has 2 aliphatic rings. The minimum Gasteiger partial charge on any atom is -0.488 e. The van der Waals surface area contributed by atoms with Crippen LogP contribution in [0.2, 0.25) is 5.02 Å². The summed E-state index contributed by atoms with van der Waals surface area (Å²) in [6.07, 6.45) is 6.18. The zero-order valence-electron chi connectivity index (χ0n) is 14.3. The fourth-order valence-corrected chi connectivity index (χ4v) is 3.98. The lowest BCUT2D eigenvalue weighted by atomic mass is 9.89. The highest BCUT2D eigenvalue weighted by Crippen LogP contribution is 2.26. The molecule has 24 heavy (non-hydrogen) atoms. The number of nitrogens with one attached hydrogen (secondary N) is 1. The van der Waals surface area contributed by atoms with Gasteiger partial charge in [0.05, 0.1) is 0 Å². The molecular weight excluding hydrogens is 324 g/mol. The van der Waals surface area contributed by atoms with E-state index in [4.69, 9.17) is 16.3 Å². The third-order valence-electron chi connectivity index (χ3n) is 5.14. The Morgan fingerprint density at radius 2 is 2.04 bits per heavy atom. The molecule has 0 spiro atoms. The van der Waals surface area contributed by atoms with Crippen molar-refractivity contribution in [1.29, 1.82) is 0 Å². The number of hydrogen-bond acceptors (Lipinski definition) is 4. The number of ether oxygens (including phenoxy) is 1. The molecule has 2 fully saturated rings. The van der Waals surface area contributed by atoms with Gasteiger partial charge in [-0.25, -0.2) is 0 Å². The Morgan fingerprint density at radius 3 is 2.83 bits per heavy atom. The van der Waals surface area contributed by atoms with E-state index in [-0.39, 0.29) is 12.1 Å². The zero-order chi connectivity index (χ0) is 16.8. The highest BCUT2D eigenvalue weighted by molar-refractivity contribution is 6.30. The lowest BCUT2D eigenvalue weighted by Crippen LogP contribution is -2.51. The number of hydrogen-bond donors (Lipinski definition) is 2. The lowest BCUT2D eigenvalue weighted by Gasteiger charge is -2.35. The average molecular weight is 353 g/mol. The van der Waals surface area contributed by atoms with E-state index in [1.807, 2.05) is 18.2 Å². The van der Waals surface area contributed by atoms with Gasteiger partial charge in [-0.1, -0.05) is 17.7 Å². The Kier molecular flexibility index (Phi) is 6.78. The number of halogens is 1. The van der Waals surface area contributed by atoms with E-state index in [0.717, 1.165) is 44.5 Å². The Bertz CT molecular complexity index is 508. The number of rotatable bonds is 7. The quantitative estimate of drug-likeness (QED) is 0.740. The summed E-state index contributed by atoms with van der Waals surface area (Å²) in [7, 11) is 0. The maximum absolute atomic E-state index is 10.6. The standard InChI is InChI=1S/C19H29ClN2O2/c20-15-6-3-7-16(14-15)24-18-9-4-8-17(19(18)23)21-10-5-13-22-11-1-2-12-22/h3,6-7,14,17-19,21,23H,1-2,4-5,8-13H2/t17-,18+,19+/m0/s1. The van der Waals surface area contributed by atoms with Crippen LogP contribution in [0.25, 0.3) is 0 Å². The van der Waals surface area contributed by atoms with E-state index in [1.54, 1.807) is 6.07 Å². The Morgan fingerprint density at radius 1 is 1.21 bits per heavy atom. The molecule has 3 rings (SSSR count). The minimum atomic E-state index is -0.468. The molecule has 0 bridgehead atoms. The van der Waals surface area contributed by atoms with Gasteiger partial charge >= 0.3 is 0 Å². The van der Waals surface area contributed by atoms with E-state index < -0.39 is 6.10 Å². The van der Waals surface area contributed by atoms with Crippen molar-refractivity contribution in [2.24, 2.45) is 0 Å². The summed E-state index contributed by atoms with van der Waals surface area (Å²) >= 11 is 6.01. The molecule has 1 aromatic carbocycles. The third-order valence-corrected chi connectivity index (χ3v) is 5.37. The number of benzene rings is 1. The molecule has 1 aliphatic heterocycles. The maximum atomic E-state index is 10.6. The molecule has 1 heterocycles. The summed E-state index contributed by atoms with van der Waals surface area (Å²) < 4.78 is 5.98. The molecule has 134 valence electrons. The number of likely N-dealkylation sites (tertiary alicyclic amines) is 1. The Hall–Kier alpha value is -0.810. The molecule has 5 heteroatoms. The second-order valence-electron chi connectivity index (χ2n) is 7.00. The molecule has 1 aliphatic carbocycles. The molecule has 1 aromatic rings. The highest BCUT2D eigenvalue weighted by atomic mass is 35.5. The predicted octanol–water partition coefficient (Wildman–Crippen LogP) is 3.08. The van der Waals surface area contributed by atoms with Gasteiger partial charge in [-0.3, -0.25) is 0 Å². The van der Waals surface area contributed by atoms with Crippen molar-refractivity contribution in [3.63, 3.8) is 0 Å². The molecule has 0 aromatic heterocycles. The van der Waals surface area contributed by atoms with Gasteiger partial charge in [-0.05, 0) is 82.9 Å². The van der Waals surface area contributed by atoms with Gasteiger partial charge < -0.3 is 20.1 Å². The highest BCUT2D eigenvalue weighted by Gasteiger charge is 2.33. The summed E-state index contributed by atoms with van der Waals surface area (Å²) in [4.78, 5) is 2.53. The van der Waals surface area contributed by atoms with Crippen molar-refractivity contribution in [3.05, 3.63) is 29.3 Å². The first-order chi connectivity index (χ1) is 11.7. The topological polar surface area (TPSA) is 44.7 Å².